The summed E-state index contributed by atoms with van der Waals surface area (Å²) in [5.74, 6) is -1.25. The first-order valence-electron chi connectivity index (χ1n) is 7.37. The highest BCUT2D eigenvalue weighted by Gasteiger charge is 2.36. The molecule has 114 valence electrons. The molecule has 21 heavy (non-hydrogen) atoms. The lowest BCUT2D eigenvalue weighted by atomic mass is 10.0. The number of amides is 1. The molecule has 1 heterocycles. The van der Waals surface area contributed by atoms with E-state index in [2.05, 4.69) is 12.2 Å². The van der Waals surface area contributed by atoms with Gasteiger partial charge in [0.05, 0.1) is 12.5 Å². The molecule has 0 saturated carbocycles. The summed E-state index contributed by atoms with van der Waals surface area (Å²) >= 11 is 0. The zero-order chi connectivity index (χ0) is 15.4. The third-order valence-corrected chi connectivity index (χ3v) is 4.17. The van der Waals surface area contributed by atoms with Crippen LogP contribution in [0.5, 0.6) is 0 Å². The first-order valence-corrected chi connectivity index (χ1v) is 7.37. The molecule has 1 aliphatic heterocycles. The Bertz CT molecular complexity index is 530. The Morgan fingerprint density at radius 3 is 2.81 bits per heavy atom. The zero-order valence-electron chi connectivity index (χ0n) is 12.5. The molecule has 2 unspecified atom stereocenters. The van der Waals surface area contributed by atoms with Crippen LogP contribution in [-0.4, -0.2) is 41.0 Å². The van der Waals surface area contributed by atoms with Crippen LogP contribution in [0.15, 0.2) is 24.3 Å². The number of benzene rings is 1. The van der Waals surface area contributed by atoms with E-state index in [1.54, 1.807) is 0 Å². The largest absolute Gasteiger partial charge is 0.481 e. The number of anilines is 1. The van der Waals surface area contributed by atoms with Crippen LogP contribution in [0.4, 0.5) is 5.69 Å². The van der Waals surface area contributed by atoms with Crippen molar-refractivity contribution in [2.75, 3.05) is 18.4 Å². The fourth-order valence-electron chi connectivity index (χ4n) is 2.81. The van der Waals surface area contributed by atoms with Gasteiger partial charge in [0.1, 0.15) is 0 Å². The molecule has 0 spiro atoms. The molecule has 1 aromatic carbocycles. The molecule has 2 N–H and O–H groups in total. The maximum absolute atomic E-state index is 12.1. The quantitative estimate of drug-likeness (QED) is 0.870. The van der Waals surface area contributed by atoms with Crippen LogP contribution in [-0.2, 0) is 16.0 Å². The van der Waals surface area contributed by atoms with E-state index >= 15 is 0 Å². The average molecular weight is 290 g/mol. The molecule has 0 aromatic heterocycles. The van der Waals surface area contributed by atoms with Crippen molar-refractivity contribution in [2.45, 2.75) is 32.7 Å². The van der Waals surface area contributed by atoms with Gasteiger partial charge in [0.2, 0.25) is 5.91 Å². The molecule has 0 aliphatic carbocycles. The topological polar surface area (TPSA) is 69.6 Å². The molecule has 0 radical (unpaired) electrons. The maximum Gasteiger partial charge on any atom is 0.308 e. The number of aliphatic carboxylic acids is 1. The number of carboxylic acids is 1. The van der Waals surface area contributed by atoms with Gasteiger partial charge in [0, 0.05) is 11.7 Å². The van der Waals surface area contributed by atoms with Gasteiger partial charge in [-0.2, -0.15) is 0 Å². The second kappa shape index (κ2) is 6.72. The van der Waals surface area contributed by atoms with E-state index < -0.39 is 5.97 Å². The fourth-order valence-corrected chi connectivity index (χ4v) is 2.81. The molecular formula is C16H22N2O3. The molecule has 5 nitrogen and oxygen atoms in total. The van der Waals surface area contributed by atoms with Gasteiger partial charge in [-0.05, 0) is 44.0 Å². The molecule has 1 aliphatic rings. The SMILES string of the molecule is CCc1cccc(NC(=O)CN2CCC(C(=O)O)C2C)c1. The molecule has 2 rings (SSSR count). The van der Waals surface area contributed by atoms with Crippen LogP contribution in [0.3, 0.4) is 0 Å². The lowest BCUT2D eigenvalue weighted by Gasteiger charge is -2.22. The van der Waals surface area contributed by atoms with Crippen LogP contribution in [0, 0.1) is 5.92 Å². The summed E-state index contributed by atoms with van der Waals surface area (Å²) < 4.78 is 0. The van der Waals surface area contributed by atoms with E-state index in [4.69, 9.17) is 5.11 Å². The lowest BCUT2D eigenvalue weighted by Crippen LogP contribution is -2.38. The number of nitrogens with one attached hydrogen (secondary N) is 1. The minimum absolute atomic E-state index is 0.0962. The minimum Gasteiger partial charge on any atom is -0.481 e. The molecule has 1 fully saturated rings. The Hall–Kier alpha value is -1.88. The summed E-state index contributed by atoms with van der Waals surface area (Å²) in [4.78, 5) is 25.1. The molecule has 1 amide bonds. The Labute approximate surface area is 125 Å². The first kappa shape index (κ1) is 15.5. The van der Waals surface area contributed by atoms with Crippen molar-refractivity contribution in [3.8, 4) is 0 Å². The van der Waals surface area contributed by atoms with Crippen LogP contribution in [0.2, 0.25) is 0 Å². The Balaban J connectivity index is 1.91. The molecule has 1 saturated heterocycles. The molecular weight excluding hydrogens is 268 g/mol. The van der Waals surface area contributed by atoms with Crippen molar-refractivity contribution in [1.29, 1.82) is 0 Å². The van der Waals surface area contributed by atoms with Gasteiger partial charge in [-0.25, -0.2) is 0 Å². The number of carbonyl (C=O) groups is 2. The number of aryl methyl sites for hydroxylation is 1. The highest BCUT2D eigenvalue weighted by atomic mass is 16.4. The molecule has 5 heteroatoms. The minimum atomic E-state index is -0.777. The van der Waals surface area contributed by atoms with Crippen molar-refractivity contribution >= 4 is 17.6 Å². The van der Waals surface area contributed by atoms with Crippen molar-refractivity contribution in [1.82, 2.24) is 4.90 Å². The first-order chi connectivity index (χ1) is 10.0. The number of rotatable bonds is 5. The summed E-state index contributed by atoms with van der Waals surface area (Å²) in [5.41, 5.74) is 1.97. The van der Waals surface area contributed by atoms with Crippen molar-refractivity contribution in [3.05, 3.63) is 29.8 Å². The number of likely N-dealkylation sites (tertiary alicyclic amines) is 1. The van der Waals surface area contributed by atoms with Crippen LogP contribution >= 0.6 is 0 Å². The predicted molar refractivity (Wildman–Crippen MR) is 81.2 cm³/mol. The monoisotopic (exact) mass is 290 g/mol. The standard InChI is InChI=1S/C16H22N2O3/c1-3-12-5-4-6-13(9-12)17-15(19)10-18-8-7-14(11(18)2)16(20)21/h4-6,9,11,14H,3,7-8,10H2,1-2H3,(H,17,19)(H,20,21). The van der Waals surface area contributed by atoms with Crippen molar-refractivity contribution in [3.63, 3.8) is 0 Å². The third kappa shape index (κ3) is 3.82. The lowest BCUT2D eigenvalue weighted by molar-refractivity contribution is -0.142. The van der Waals surface area contributed by atoms with E-state index in [0.717, 1.165) is 12.1 Å². The number of hydrogen-bond acceptors (Lipinski definition) is 3. The van der Waals surface area contributed by atoms with Crippen molar-refractivity contribution in [2.24, 2.45) is 5.92 Å². The van der Waals surface area contributed by atoms with Gasteiger partial charge in [-0.15, -0.1) is 0 Å². The summed E-state index contributed by atoms with van der Waals surface area (Å²) in [6.07, 6.45) is 1.53. The number of carboxylic acid groups (broad SMARTS) is 1. The van der Waals surface area contributed by atoms with Gasteiger partial charge in [-0.3, -0.25) is 14.5 Å². The van der Waals surface area contributed by atoms with Gasteiger partial charge in [0.25, 0.3) is 0 Å². The summed E-state index contributed by atoms with van der Waals surface area (Å²) in [6, 6.07) is 7.68. The Morgan fingerprint density at radius 1 is 1.43 bits per heavy atom. The van der Waals surface area contributed by atoms with E-state index in [1.807, 2.05) is 36.1 Å². The van der Waals surface area contributed by atoms with E-state index in [0.29, 0.717) is 13.0 Å². The summed E-state index contributed by atoms with van der Waals surface area (Å²) in [6.45, 7) is 4.83. The maximum atomic E-state index is 12.1. The summed E-state index contributed by atoms with van der Waals surface area (Å²) in [5, 5.41) is 12.0. The van der Waals surface area contributed by atoms with E-state index in [-0.39, 0.29) is 24.4 Å². The van der Waals surface area contributed by atoms with Crippen LogP contribution in [0.25, 0.3) is 0 Å². The summed E-state index contributed by atoms with van der Waals surface area (Å²) in [7, 11) is 0. The number of hydrogen-bond donors (Lipinski definition) is 2. The van der Waals surface area contributed by atoms with E-state index in [1.165, 1.54) is 5.56 Å². The smallest absolute Gasteiger partial charge is 0.308 e. The van der Waals surface area contributed by atoms with Gasteiger partial charge in [0.15, 0.2) is 0 Å². The highest BCUT2D eigenvalue weighted by molar-refractivity contribution is 5.92. The second-order valence-electron chi connectivity index (χ2n) is 5.55. The Kier molecular flexibility index (Phi) is 4.96. The number of carbonyl (C=O) groups excluding carboxylic acids is 1. The van der Waals surface area contributed by atoms with Gasteiger partial charge >= 0.3 is 5.97 Å². The van der Waals surface area contributed by atoms with Crippen molar-refractivity contribution < 1.29 is 14.7 Å². The normalized spacial score (nSPS) is 22.2. The highest BCUT2D eigenvalue weighted by Crippen LogP contribution is 2.24. The Morgan fingerprint density at radius 2 is 2.19 bits per heavy atom. The predicted octanol–water partition coefficient (Wildman–Crippen LogP) is 1.98. The zero-order valence-corrected chi connectivity index (χ0v) is 12.5. The van der Waals surface area contributed by atoms with Crippen LogP contribution < -0.4 is 5.32 Å². The third-order valence-electron chi connectivity index (χ3n) is 4.17. The van der Waals surface area contributed by atoms with Gasteiger partial charge < -0.3 is 10.4 Å². The molecule has 1 aromatic rings. The molecule has 2 atom stereocenters. The van der Waals surface area contributed by atoms with E-state index in [9.17, 15) is 9.59 Å². The van der Waals surface area contributed by atoms with Crippen LogP contribution in [0.1, 0.15) is 25.8 Å². The van der Waals surface area contributed by atoms with Gasteiger partial charge in [-0.1, -0.05) is 19.1 Å². The average Bonchev–Trinajstić information content (AvgIpc) is 2.80. The molecule has 0 bridgehead atoms. The number of nitrogens with zero attached hydrogens (tertiary/aromatic N) is 1. The fraction of sp³-hybridized carbons (Fsp3) is 0.500. The second-order valence-corrected chi connectivity index (χ2v) is 5.55.